The lowest BCUT2D eigenvalue weighted by Crippen LogP contribution is -2.51. The van der Waals surface area contributed by atoms with E-state index in [1.165, 1.54) is 24.3 Å². The van der Waals surface area contributed by atoms with Crippen LogP contribution in [0.4, 0.5) is 14.9 Å². The van der Waals surface area contributed by atoms with E-state index < -0.39 is 17.0 Å². The molecule has 6 nitrogen and oxygen atoms in total. The van der Waals surface area contributed by atoms with Crippen molar-refractivity contribution in [2.24, 2.45) is 0 Å². The Morgan fingerprint density at radius 2 is 1.74 bits per heavy atom. The highest BCUT2D eigenvalue weighted by atomic mass is 35.5. The molecular weight excluding hydrogens is 441 g/mol. The summed E-state index contributed by atoms with van der Waals surface area (Å²) in [6.45, 7) is 2.01. The van der Waals surface area contributed by atoms with Crippen LogP contribution in [0.2, 0.25) is 5.02 Å². The Morgan fingerprint density at radius 3 is 2.42 bits per heavy atom. The highest BCUT2D eigenvalue weighted by Crippen LogP contribution is 2.34. The highest BCUT2D eigenvalue weighted by molar-refractivity contribution is 8.18. The number of benzene rings is 2. The quantitative estimate of drug-likeness (QED) is 0.650. The summed E-state index contributed by atoms with van der Waals surface area (Å²) in [6.07, 6.45) is 1.26. The van der Waals surface area contributed by atoms with Crippen LogP contribution in [0.25, 0.3) is 6.08 Å². The normalized spacial score (nSPS) is 18.3. The maximum atomic E-state index is 14.0. The lowest BCUT2D eigenvalue weighted by Gasteiger charge is -2.36. The van der Waals surface area contributed by atoms with E-state index in [2.05, 4.69) is 4.90 Å². The molecule has 0 spiro atoms. The van der Waals surface area contributed by atoms with Gasteiger partial charge in [0.25, 0.3) is 11.1 Å². The van der Waals surface area contributed by atoms with Crippen molar-refractivity contribution >= 4 is 52.2 Å². The largest absolute Gasteiger partial charge is 0.368 e. The molecule has 0 saturated carbocycles. The van der Waals surface area contributed by atoms with Crippen molar-refractivity contribution in [1.82, 2.24) is 9.80 Å². The van der Waals surface area contributed by atoms with E-state index in [-0.39, 0.29) is 27.9 Å². The summed E-state index contributed by atoms with van der Waals surface area (Å²) in [7, 11) is 0. The van der Waals surface area contributed by atoms with Gasteiger partial charge in [0.1, 0.15) is 12.4 Å². The van der Waals surface area contributed by atoms with E-state index in [1.54, 1.807) is 4.90 Å². The second kappa shape index (κ2) is 9.11. The fraction of sp³-hybridized carbons (Fsp3) is 0.227. The van der Waals surface area contributed by atoms with E-state index in [1.807, 2.05) is 30.3 Å². The van der Waals surface area contributed by atoms with Gasteiger partial charge in [0.05, 0.1) is 9.93 Å². The van der Waals surface area contributed by atoms with Crippen LogP contribution in [0.1, 0.15) is 5.56 Å². The van der Waals surface area contributed by atoms with Crippen molar-refractivity contribution < 1.29 is 18.8 Å². The molecule has 0 N–H and O–H groups in total. The molecule has 160 valence electrons. The van der Waals surface area contributed by atoms with Crippen molar-refractivity contribution in [1.29, 1.82) is 0 Å². The topological polar surface area (TPSA) is 60.9 Å². The summed E-state index contributed by atoms with van der Waals surface area (Å²) in [5.74, 6) is -1.50. The first kappa shape index (κ1) is 21.4. The predicted octanol–water partition coefficient (Wildman–Crippen LogP) is 3.86. The van der Waals surface area contributed by atoms with Crippen LogP contribution in [0.3, 0.4) is 0 Å². The van der Waals surface area contributed by atoms with E-state index in [0.717, 1.165) is 10.6 Å². The Morgan fingerprint density at radius 1 is 1.03 bits per heavy atom. The standard InChI is InChI=1S/C22H19ClFN3O3S/c23-17-7-4-8-18(24)16(17)13-19-21(29)27(22(30)31-19)14-20(28)26-11-9-25(10-12-26)15-5-2-1-3-6-15/h1-8,13H,9-12,14H2. The summed E-state index contributed by atoms with van der Waals surface area (Å²) in [5, 5.41) is -0.417. The molecule has 2 heterocycles. The van der Waals surface area contributed by atoms with Crippen LogP contribution in [0.15, 0.2) is 53.4 Å². The highest BCUT2D eigenvalue weighted by Gasteiger charge is 2.37. The Balaban J connectivity index is 1.39. The number of para-hydroxylation sites is 1. The average molecular weight is 460 g/mol. The molecule has 0 atom stereocenters. The number of imide groups is 1. The van der Waals surface area contributed by atoms with Gasteiger partial charge in [-0.1, -0.05) is 35.9 Å². The Kier molecular flexibility index (Phi) is 6.29. The average Bonchev–Trinajstić information content (AvgIpc) is 3.04. The molecule has 2 fully saturated rings. The molecule has 31 heavy (non-hydrogen) atoms. The maximum Gasteiger partial charge on any atom is 0.294 e. The number of nitrogens with zero attached hydrogens (tertiary/aromatic N) is 3. The van der Waals surface area contributed by atoms with Gasteiger partial charge in [-0.25, -0.2) is 4.39 Å². The number of thioether (sulfide) groups is 1. The number of halogens is 2. The second-order valence-electron chi connectivity index (χ2n) is 7.11. The first-order valence-electron chi connectivity index (χ1n) is 9.71. The SMILES string of the molecule is O=C(CN1C(=O)SC(=Cc2c(F)cccc2Cl)C1=O)N1CCN(c2ccccc2)CC1. The number of rotatable bonds is 4. The molecule has 3 amide bonds. The lowest BCUT2D eigenvalue weighted by atomic mass is 10.2. The molecule has 2 saturated heterocycles. The van der Waals surface area contributed by atoms with Gasteiger partial charge in [-0.05, 0) is 42.1 Å². The lowest BCUT2D eigenvalue weighted by molar-refractivity contribution is -0.136. The smallest absolute Gasteiger partial charge is 0.294 e. The van der Waals surface area contributed by atoms with Gasteiger partial charge in [-0.2, -0.15) is 0 Å². The van der Waals surface area contributed by atoms with Crippen molar-refractivity contribution in [3.8, 4) is 0 Å². The molecule has 2 aliphatic heterocycles. The first-order valence-corrected chi connectivity index (χ1v) is 10.9. The number of piperazine rings is 1. The molecule has 0 bridgehead atoms. The number of amides is 3. The third-order valence-electron chi connectivity index (χ3n) is 5.20. The maximum absolute atomic E-state index is 14.0. The number of hydrogen-bond acceptors (Lipinski definition) is 5. The van der Waals surface area contributed by atoms with Crippen LogP contribution >= 0.6 is 23.4 Å². The monoisotopic (exact) mass is 459 g/mol. The van der Waals surface area contributed by atoms with Gasteiger partial charge in [-0.15, -0.1) is 0 Å². The summed E-state index contributed by atoms with van der Waals surface area (Å²) < 4.78 is 14.0. The molecule has 2 aliphatic rings. The van der Waals surface area contributed by atoms with Gasteiger partial charge in [0, 0.05) is 37.4 Å². The fourth-order valence-corrected chi connectivity index (χ4v) is 4.54. The van der Waals surface area contributed by atoms with Gasteiger partial charge in [0.15, 0.2) is 0 Å². The predicted molar refractivity (Wildman–Crippen MR) is 119 cm³/mol. The molecule has 9 heteroatoms. The van der Waals surface area contributed by atoms with E-state index in [0.29, 0.717) is 37.9 Å². The van der Waals surface area contributed by atoms with Crippen molar-refractivity contribution in [2.45, 2.75) is 0 Å². The molecule has 2 aromatic carbocycles. The molecular formula is C22H19ClFN3O3S. The zero-order chi connectivity index (χ0) is 22.0. The fourth-order valence-electron chi connectivity index (χ4n) is 3.50. The van der Waals surface area contributed by atoms with Crippen molar-refractivity contribution in [2.75, 3.05) is 37.6 Å². The second-order valence-corrected chi connectivity index (χ2v) is 8.51. The van der Waals surface area contributed by atoms with Gasteiger partial charge < -0.3 is 9.80 Å². The summed E-state index contributed by atoms with van der Waals surface area (Å²) in [5.41, 5.74) is 1.13. The van der Waals surface area contributed by atoms with Gasteiger partial charge in [-0.3, -0.25) is 19.3 Å². The minimum Gasteiger partial charge on any atom is -0.368 e. The summed E-state index contributed by atoms with van der Waals surface area (Å²) in [6, 6.07) is 14.1. The van der Waals surface area contributed by atoms with Crippen LogP contribution in [0, 0.1) is 5.82 Å². The zero-order valence-corrected chi connectivity index (χ0v) is 18.0. The number of anilines is 1. The van der Waals surface area contributed by atoms with Crippen molar-refractivity contribution in [3.63, 3.8) is 0 Å². The molecule has 4 rings (SSSR count). The van der Waals surface area contributed by atoms with Gasteiger partial charge >= 0.3 is 0 Å². The van der Waals surface area contributed by atoms with Crippen LogP contribution in [-0.4, -0.2) is 59.6 Å². The summed E-state index contributed by atoms with van der Waals surface area (Å²) in [4.78, 5) is 42.5. The van der Waals surface area contributed by atoms with Crippen molar-refractivity contribution in [3.05, 3.63) is 69.8 Å². The number of carbonyl (C=O) groups is 3. The third kappa shape index (κ3) is 4.60. The Hall–Kier alpha value is -2.84. The first-order chi connectivity index (χ1) is 14.9. The van der Waals surface area contributed by atoms with Crippen LogP contribution in [0.5, 0.6) is 0 Å². The van der Waals surface area contributed by atoms with Gasteiger partial charge in [0.2, 0.25) is 5.91 Å². The van der Waals surface area contributed by atoms with E-state index in [4.69, 9.17) is 11.6 Å². The Labute approximate surface area is 188 Å². The molecule has 0 radical (unpaired) electrons. The molecule has 0 aromatic heterocycles. The van der Waals surface area contributed by atoms with Crippen LogP contribution in [-0.2, 0) is 9.59 Å². The number of hydrogen-bond donors (Lipinski definition) is 0. The zero-order valence-electron chi connectivity index (χ0n) is 16.5. The third-order valence-corrected chi connectivity index (χ3v) is 6.43. The summed E-state index contributed by atoms with van der Waals surface area (Å²) >= 11 is 6.68. The van der Waals surface area contributed by atoms with Crippen LogP contribution < -0.4 is 4.90 Å². The molecule has 2 aromatic rings. The van der Waals surface area contributed by atoms with E-state index >= 15 is 0 Å². The minimum absolute atomic E-state index is 0.0398. The number of carbonyl (C=O) groups excluding carboxylic acids is 3. The molecule has 0 aliphatic carbocycles. The Bertz CT molecular complexity index is 1030. The molecule has 0 unspecified atom stereocenters. The minimum atomic E-state index is -0.620. The van der Waals surface area contributed by atoms with E-state index in [9.17, 15) is 18.8 Å².